The number of esters is 1. The highest BCUT2D eigenvalue weighted by molar-refractivity contribution is 5.81. The van der Waals surface area contributed by atoms with E-state index in [0.717, 1.165) is 6.92 Å². The number of hydrogen-bond acceptors (Lipinski definition) is 5. The van der Waals surface area contributed by atoms with Gasteiger partial charge in [0.2, 0.25) is 0 Å². The molecule has 0 aromatic rings. The van der Waals surface area contributed by atoms with Crippen molar-refractivity contribution in [2.45, 2.75) is 39.5 Å². The van der Waals surface area contributed by atoms with Crippen LogP contribution in [0.15, 0.2) is 0 Å². The second-order valence-electron chi connectivity index (χ2n) is 4.39. The van der Waals surface area contributed by atoms with Crippen molar-refractivity contribution in [1.29, 1.82) is 0 Å². The zero-order valence-electron chi connectivity index (χ0n) is 10.5. The number of nitrogens with zero attached hydrogens (tertiary/aromatic N) is 1. The van der Waals surface area contributed by atoms with Gasteiger partial charge in [-0.3, -0.25) is 9.69 Å². The number of carboxylic acids is 1. The third-order valence-electron chi connectivity index (χ3n) is 1.52. The summed E-state index contributed by atoms with van der Waals surface area (Å²) >= 11 is 0. The van der Waals surface area contributed by atoms with E-state index in [0.29, 0.717) is 4.90 Å². The van der Waals surface area contributed by atoms with Crippen LogP contribution in [0.4, 0.5) is 4.79 Å². The number of carbonyl (C=O) groups is 3. The normalized spacial score (nSPS) is 12.5. The van der Waals surface area contributed by atoms with E-state index in [2.05, 4.69) is 4.74 Å². The lowest BCUT2D eigenvalue weighted by Crippen LogP contribution is -2.47. The van der Waals surface area contributed by atoms with Crippen molar-refractivity contribution in [2.75, 3.05) is 7.05 Å². The fourth-order valence-electron chi connectivity index (χ4n) is 0.882. The van der Waals surface area contributed by atoms with Crippen LogP contribution in [0.25, 0.3) is 0 Å². The largest absolute Gasteiger partial charge is 0.477 e. The maximum atomic E-state index is 11.5. The number of aliphatic carboxylic acids is 1. The van der Waals surface area contributed by atoms with Gasteiger partial charge in [0, 0.05) is 14.0 Å². The molecule has 0 bridgehead atoms. The minimum absolute atomic E-state index is 0.703. The minimum atomic E-state index is -1.69. The van der Waals surface area contributed by atoms with Crippen molar-refractivity contribution in [1.82, 2.24) is 4.90 Å². The Bertz CT molecular complexity index is 319. The summed E-state index contributed by atoms with van der Waals surface area (Å²) in [6.07, 6.45) is -2.58. The van der Waals surface area contributed by atoms with Crippen LogP contribution in [-0.4, -0.2) is 46.9 Å². The Morgan fingerprint density at radius 1 is 1.24 bits per heavy atom. The lowest BCUT2D eigenvalue weighted by molar-refractivity contribution is -0.173. The first kappa shape index (κ1) is 15.2. The van der Waals surface area contributed by atoms with E-state index in [1.807, 2.05) is 0 Å². The molecule has 0 aliphatic rings. The lowest BCUT2D eigenvalue weighted by atomic mass is 10.2. The summed E-state index contributed by atoms with van der Waals surface area (Å²) in [6.45, 7) is 5.97. The van der Waals surface area contributed by atoms with E-state index < -0.39 is 29.9 Å². The first-order valence-electron chi connectivity index (χ1n) is 4.90. The number of ether oxygens (including phenoxy) is 2. The van der Waals surface area contributed by atoms with Gasteiger partial charge in [0.15, 0.2) is 0 Å². The minimum Gasteiger partial charge on any atom is -0.477 e. The van der Waals surface area contributed by atoms with Crippen LogP contribution in [0, 0.1) is 0 Å². The molecule has 7 nitrogen and oxygen atoms in total. The van der Waals surface area contributed by atoms with Crippen LogP contribution >= 0.6 is 0 Å². The second kappa shape index (κ2) is 5.51. The number of rotatable bonds is 3. The standard InChI is InChI=1S/C10H17NO6/c1-6(12)16-7(8(13)14)11(5)9(15)17-10(2,3)4/h7H,1-5H3,(H,13,14). The Morgan fingerprint density at radius 3 is 2.00 bits per heavy atom. The molecule has 0 saturated carbocycles. The molecule has 0 aliphatic heterocycles. The third kappa shape index (κ3) is 5.74. The van der Waals surface area contributed by atoms with Crippen molar-refractivity contribution < 1.29 is 29.0 Å². The van der Waals surface area contributed by atoms with Gasteiger partial charge in [-0.2, -0.15) is 0 Å². The summed E-state index contributed by atoms with van der Waals surface area (Å²) in [5.74, 6) is -2.25. The third-order valence-corrected chi connectivity index (χ3v) is 1.52. The molecule has 0 rings (SSSR count). The van der Waals surface area contributed by atoms with E-state index in [9.17, 15) is 14.4 Å². The number of amides is 1. The van der Waals surface area contributed by atoms with E-state index >= 15 is 0 Å². The average molecular weight is 247 g/mol. The summed E-state index contributed by atoms with van der Waals surface area (Å²) in [5, 5.41) is 8.81. The lowest BCUT2D eigenvalue weighted by Gasteiger charge is -2.27. The van der Waals surface area contributed by atoms with Crippen LogP contribution in [-0.2, 0) is 19.1 Å². The Hall–Kier alpha value is -1.79. The molecule has 1 unspecified atom stereocenters. The Balaban J connectivity index is 4.72. The molecule has 7 heteroatoms. The predicted octanol–water partition coefficient (Wildman–Crippen LogP) is 0.827. The van der Waals surface area contributed by atoms with Crippen molar-refractivity contribution in [3.8, 4) is 0 Å². The molecule has 1 N–H and O–H groups in total. The Labute approximate surface area is 99.3 Å². The van der Waals surface area contributed by atoms with Crippen molar-refractivity contribution in [3.63, 3.8) is 0 Å². The predicted molar refractivity (Wildman–Crippen MR) is 57.2 cm³/mol. The maximum Gasteiger partial charge on any atom is 0.413 e. The highest BCUT2D eigenvalue weighted by Crippen LogP contribution is 2.11. The number of hydrogen-bond donors (Lipinski definition) is 1. The molecule has 0 spiro atoms. The van der Waals surface area contributed by atoms with Crippen LogP contribution in [0.2, 0.25) is 0 Å². The smallest absolute Gasteiger partial charge is 0.413 e. The first-order chi connectivity index (χ1) is 7.54. The van der Waals surface area contributed by atoms with Gasteiger partial charge in [-0.1, -0.05) is 0 Å². The quantitative estimate of drug-likeness (QED) is 0.586. The molecule has 0 saturated heterocycles. The van der Waals surface area contributed by atoms with Crippen LogP contribution in [0.3, 0.4) is 0 Å². The highest BCUT2D eigenvalue weighted by Gasteiger charge is 2.32. The summed E-state index contributed by atoms with van der Waals surface area (Å²) in [4.78, 5) is 33.8. The van der Waals surface area contributed by atoms with Crippen molar-refractivity contribution >= 4 is 18.0 Å². The van der Waals surface area contributed by atoms with Crippen molar-refractivity contribution in [2.24, 2.45) is 0 Å². The number of carboxylic acid groups (broad SMARTS) is 1. The van der Waals surface area contributed by atoms with Gasteiger partial charge < -0.3 is 14.6 Å². The molecular formula is C10H17NO6. The molecule has 1 amide bonds. The molecule has 0 heterocycles. The number of likely N-dealkylation sites (N-methyl/N-ethyl adjacent to an activating group) is 1. The van der Waals surface area contributed by atoms with Gasteiger partial charge >= 0.3 is 18.0 Å². The Kier molecular flexibility index (Phi) is 4.93. The highest BCUT2D eigenvalue weighted by atomic mass is 16.6. The molecule has 0 aromatic heterocycles. The van der Waals surface area contributed by atoms with Gasteiger partial charge in [0.25, 0.3) is 6.23 Å². The molecule has 0 aliphatic carbocycles. The van der Waals surface area contributed by atoms with E-state index in [-0.39, 0.29) is 0 Å². The van der Waals surface area contributed by atoms with Gasteiger partial charge in [-0.25, -0.2) is 9.59 Å². The van der Waals surface area contributed by atoms with Gasteiger partial charge in [-0.05, 0) is 20.8 Å². The van der Waals surface area contributed by atoms with E-state index in [1.165, 1.54) is 7.05 Å². The second-order valence-corrected chi connectivity index (χ2v) is 4.39. The zero-order chi connectivity index (χ0) is 13.8. The van der Waals surface area contributed by atoms with E-state index in [1.54, 1.807) is 20.8 Å². The maximum absolute atomic E-state index is 11.5. The molecule has 0 radical (unpaired) electrons. The van der Waals surface area contributed by atoms with Crippen LogP contribution < -0.4 is 0 Å². The SMILES string of the molecule is CC(=O)OC(C(=O)O)N(C)C(=O)OC(C)(C)C. The van der Waals surface area contributed by atoms with Gasteiger partial charge in [-0.15, -0.1) is 0 Å². The molecule has 0 aromatic carbocycles. The Morgan fingerprint density at radius 2 is 1.71 bits per heavy atom. The molecule has 98 valence electrons. The summed E-state index contributed by atoms with van der Waals surface area (Å²) in [5.41, 5.74) is -0.759. The van der Waals surface area contributed by atoms with Gasteiger partial charge in [0.1, 0.15) is 5.60 Å². The van der Waals surface area contributed by atoms with Crippen LogP contribution in [0.5, 0.6) is 0 Å². The van der Waals surface area contributed by atoms with E-state index in [4.69, 9.17) is 9.84 Å². The van der Waals surface area contributed by atoms with Gasteiger partial charge in [0.05, 0.1) is 0 Å². The zero-order valence-corrected chi connectivity index (χ0v) is 10.5. The monoisotopic (exact) mass is 247 g/mol. The molecular weight excluding hydrogens is 230 g/mol. The summed E-state index contributed by atoms with van der Waals surface area (Å²) < 4.78 is 9.44. The molecule has 17 heavy (non-hydrogen) atoms. The topological polar surface area (TPSA) is 93.1 Å². The van der Waals surface area contributed by atoms with Crippen molar-refractivity contribution in [3.05, 3.63) is 0 Å². The molecule has 0 fully saturated rings. The average Bonchev–Trinajstić information content (AvgIpc) is 2.09. The number of carbonyl (C=O) groups excluding carboxylic acids is 2. The fraction of sp³-hybridized carbons (Fsp3) is 0.700. The first-order valence-corrected chi connectivity index (χ1v) is 4.90. The van der Waals surface area contributed by atoms with Crippen LogP contribution in [0.1, 0.15) is 27.7 Å². The summed E-state index contributed by atoms with van der Waals surface area (Å²) in [7, 11) is 1.18. The molecule has 1 atom stereocenters. The summed E-state index contributed by atoms with van der Waals surface area (Å²) in [6, 6.07) is 0. The fourth-order valence-corrected chi connectivity index (χ4v) is 0.882.